The molecule has 1 saturated carbocycles. The Balaban J connectivity index is 1.34. The molecule has 1 fully saturated rings. The molecule has 1 aromatic carbocycles. The molecule has 0 aromatic heterocycles. The lowest BCUT2D eigenvalue weighted by atomic mass is 10.1. The number of nitrogens with one attached hydrogen (secondary N) is 2. The van der Waals surface area contributed by atoms with Crippen molar-refractivity contribution in [1.82, 2.24) is 10.2 Å². The summed E-state index contributed by atoms with van der Waals surface area (Å²) in [5, 5.41) is 5.45. The summed E-state index contributed by atoms with van der Waals surface area (Å²) in [5.74, 6) is -1.53. The van der Waals surface area contributed by atoms with Crippen LogP contribution in [-0.4, -0.2) is 61.9 Å². The number of ether oxygens (including phenoxy) is 1. The molecule has 11 heteroatoms. The van der Waals surface area contributed by atoms with Gasteiger partial charge in [-0.25, -0.2) is 13.2 Å². The van der Waals surface area contributed by atoms with Gasteiger partial charge in [-0.05, 0) is 37.1 Å². The Morgan fingerprint density at radius 3 is 2.71 bits per heavy atom. The van der Waals surface area contributed by atoms with Crippen molar-refractivity contribution in [3.05, 3.63) is 53.8 Å². The van der Waals surface area contributed by atoms with Gasteiger partial charge < -0.3 is 20.3 Å². The SMILES string of the molecule is O=C(COC(=O)C1=CN2CCS(=O)(=O)N=C2C=C1)Nc1ccccc1C(=O)NC1CC1. The van der Waals surface area contributed by atoms with E-state index < -0.39 is 28.5 Å². The molecule has 0 saturated heterocycles. The second kappa shape index (κ2) is 8.34. The molecule has 2 aliphatic heterocycles. The predicted octanol–water partition coefficient (Wildman–Crippen LogP) is 0.558. The van der Waals surface area contributed by atoms with Crippen LogP contribution in [0.2, 0.25) is 0 Å². The number of carbonyl (C=O) groups excluding carboxylic acids is 3. The van der Waals surface area contributed by atoms with Gasteiger partial charge in [-0.3, -0.25) is 9.59 Å². The van der Waals surface area contributed by atoms with Crippen LogP contribution in [0.15, 0.2) is 52.6 Å². The van der Waals surface area contributed by atoms with Crippen molar-refractivity contribution in [2.75, 3.05) is 24.2 Å². The van der Waals surface area contributed by atoms with Crippen LogP contribution in [0.1, 0.15) is 23.2 Å². The van der Waals surface area contributed by atoms with Crippen LogP contribution >= 0.6 is 0 Å². The predicted molar refractivity (Wildman–Crippen MR) is 112 cm³/mol. The van der Waals surface area contributed by atoms with Gasteiger partial charge in [-0.2, -0.15) is 0 Å². The molecule has 3 aliphatic rings. The summed E-state index contributed by atoms with van der Waals surface area (Å²) in [6.45, 7) is -0.375. The minimum Gasteiger partial charge on any atom is -0.452 e. The Kier molecular flexibility index (Phi) is 5.59. The molecule has 0 unspecified atom stereocenters. The lowest BCUT2D eigenvalue weighted by Gasteiger charge is -2.26. The van der Waals surface area contributed by atoms with Crippen molar-refractivity contribution in [3.8, 4) is 0 Å². The zero-order valence-corrected chi connectivity index (χ0v) is 17.2. The smallest absolute Gasteiger partial charge is 0.340 e. The van der Waals surface area contributed by atoms with E-state index in [4.69, 9.17) is 4.74 Å². The maximum atomic E-state index is 12.3. The first kappa shape index (κ1) is 20.8. The fourth-order valence-electron chi connectivity index (χ4n) is 3.00. The highest BCUT2D eigenvalue weighted by Crippen LogP contribution is 2.22. The van der Waals surface area contributed by atoms with Gasteiger partial charge in [-0.1, -0.05) is 12.1 Å². The summed E-state index contributed by atoms with van der Waals surface area (Å²) in [6.07, 6.45) is 6.11. The van der Waals surface area contributed by atoms with Crippen LogP contribution < -0.4 is 10.6 Å². The number of carbonyl (C=O) groups is 3. The molecule has 2 amide bonds. The van der Waals surface area contributed by atoms with Crippen LogP contribution in [0.4, 0.5) is 5.69 Å². The largest absolute Gasteiger partial charge is 0.452 e. The van der Waals surface area contributed by atoms with E-state index in [0.717, 1.165) is 12.8 Å². The number of benzene rings is 1. The lowest BCUT2D eigenvalue weighted by Crippen LogP contribution is -2.37. The molecule has 2 N–H and O–H groups in total. The molecular weight excluding hydrogens is 424 g/mol. The van der Waals surface area contributed by atoms with E-state index in [-0.39, 0.29) is 35.7 Å². The third kappa shape index (κ3) is 5.18. The van der Waals surface area contributed by atoms with Gasteiger partial charge in [0.1, 0.15) is 5.84 Å². The fourth-order valence-corrected chi connectivity index (χ4v) is 3.97. The third-order valence-corrected chi connectivity index (χ3v) is 5.92. The monoisotopic (exact) mass is 444 g/mol. The summed E-state index contributed by atoms with van der Waals surface area (Å²) in [7, 11) is -3.49. The maximum absolute atomic E-state index is 12.3. The highest BCUT2D eigenvalue weighted by atomic mass is 32.2. The number of para-hydroxylation sites is 1. The molecule has 0 radical (unpaired) electrons. The van der Waals surface area contributed by atoms with E-state index >= 15 is 0 Å². The van der Waals surface area contributed by atoms with Gasteiger partial charge in [0, 0.05) is 18.8 Å². The third-order valence-electron chi connectivity index (χ3n) is 4.75. The van der Waals surface area contributed by atoms with E-state index in [1.807, 2.05) is 0 Å². The Labute approximate surface area is 178 Å². The molecule has 4 rings (SSSR count). The molecule has 2 heterocycles. The minimum absolute atomic E-state index is 0.153. The van der Waals surface area contributed by atoms with E-state index in [1.165, 1.54) is 23.3 Å². The number of anilines is 1. The second-order valence-corrected chi connectivity index (χ2v) is 9.02. The van der Waals surface area contributed by atoms with Crippen molar-refractivity contribution < 1.29 is 27.5 Å². The number of amidine groups is 1. The van der Waals surface area contributed by atoms with Crippen LogP contribution in [-0.2, 0) is 24.3 Å². The number of fused-ring (bicyclic) bond motifs is 1. The zero-order valence-electron chi connectivity index (χ0n) is 16.4. The van der Waals surface area contributed by atoms with Crippen LogP contribution in [0, 0.1) is 0 Å². The number of rotatable bonds is 6. The first-order chi connectivity index (χ1) is 14.8. The van der Waals surface area contributed by atoms with Crippen molar-refractivity contribution in [1.29, 1.82) is 0 Å². The van der Waals surface area contributed by atoms with Gasteiger partial charge in [0.25, 0.3) is 21.8 Å². The topological polar surface area (TPSA) is 134 Å². The van der Waals surface area contributed by atoms with Gasteiger partial charge >= 0.3 is 5.97 Å². The molecule has 0 bridgehead atoms. The number of hydrogen-bond donors (Lipinski definition) is 2. The van der Waals surface area contributed by atoms with Gasteiger partial charge in [0.15, 0.2) is 6.61 Å². The summed E-state index contributed by atoms with van der Waals surface area (Å²) >= 11 is 0. The van der Waals surface area contributed by atoms with Crippen LogP contribution in [0.5, 0.6) is 0 Å². The summed E-state index contributed by atoms with van der Waals surface area (Å²) in [5.41, 5.74) is 0.822. The second-order valence-electron chi connectivity index (χ2n) is 7.26. The summed E-state index contributed by atoms with van der Waals surface area (Å²) < 4.78 is 31.8. The molecule has 10 nitrogen and oxygen atoms in total. The highest BCUT2D eigenvalue weighted by Gasteiger charge is 2.26. The Morgan fingerprint density at radius 1 is 1.16 bits per heavy atom. The number of nitrogens with zero attached hydrogens (tertiary/aromatic N) is 2. The number of amides is 2. The van der Waals surface area contributed by atoms with E-state index in [2.05, 4.69) is 15.0 Å². The standard InChI is InChI=1S/C20H20N4O6S/c25-18(22-16-4-2-1-3-15(16)19(26)21-14-6-7-14)12-30-20(27)13-5-8-17-23-31(28,29)10-9-24(17)11-13/h1-5,8,11,14H,6-7,9-10,12H2,(H,21,26)(H,22,25). The zero-order chi connectivity index (χ0) is 22.0. The van der Waals surface area contributed by atoms with Crippen molar-refractivity contribution in [2.24, 2.45) is 4.40 Å². The normalized spacial score (nSPS) is 18.9. The first-order valence-corrected chi connectivity index (χ1v) is 11.3. The fraction of sp³-hybridized carbons (Fsp3) is 0.300. The maximum Gasteiger partial charge on any atom is 0.340 e. The van der Waals surface area contributed by atoms with Crippen molar-refractivity contribution in [3.63, 3.8) is 0 Å². The van der Waals surface area contributed by atoms with Crippen molar-refractivity contribution in [2.45, 2.75) is 18.9 Å². The van der Waals surface area contributed by atoms with Crippen LogP contribution in [0.25, 0.3) is 0 Å². The molecule has 31 heavy (non-hydrogen) atoms. The molecular formula is C20H20N4O6S. The lowest BCUT2D eigenvalue weighted by molar-refractivity contribution is -0.143. The van der Waals surface area contributed by atoms with E-state index in [9.17, 15) is 22.8 Å². The quantitative estimate of drug-likeness (QED) is 0.612. The molecule has 0 spiro atoms. The molecule has 162 valence electrons. The van der Waals surface area contributed by atoms with Crippen molar-refractivity contribution >= 4 is 39.3 Å². The Bertz CT molecular complexity index is 1130. The average molecular weight is 444 g/mol. The Morgan fingerprint density at radius 2 is 1.94 bits per heavy atom. The minimum atomic E-state index is -3.49. The molecule has 0 atom stereocenters. The average Bonchev–Trinajstić information content (AvgIpc) is 3.55. The number of hydrogen-bond acceptors (Lipinski definition) is 7. The summed E-state index contributed by atoms with van der Waals surface area (Å²) in [6, 6.07) is 6.77. The van der Waals surface area contributed by atoms with E-state index in [0.29, 0.717) is 11.3 Å². The Hall–Kier alpha value is -3.47. The van der Waals surface area contributed by atoms with Gasteiger partial charge in [0.2, 0.25) is 0 Å². The van der Waals surface area contributed by atoms with Crippen LogP contribution in [0.3, 0.4) is 0 Å². The number of esters is 1. The molecule has 1 aliphatic carbocycles. The van der Waals surface area contributed by atoms with E-state index in [1.54, 1.807) is 24.3 Å². The number of sulfonamides is 1. The van der Waals surface area contributed by atoms with Gasteiger partial charge in [-0.15, -0.1) is 4.40 Å². The highest BCUT2D eigenvalue weighted by molar-refractivity contribution is 7.90. The van der Waals surface area contributed by atoms with Gasteiger partial charge in [0.05, 0.1) is 22.6 Å². The summed E-state index contributed by atoms with van der Waals surface area (Å²) in [4.78, 5) is 38.4. The first-order valence-electron chi connectivity index (χ1n) is 9.67. The molecule has 1 aromatic rings.